The standard InChI is InChI=1S/C15H16N2O2/c1-9-8-12(18)5-6-13(9)15(19)17-14-7-4-10(2)16-11(14)3/h4-8,18H,1-3H3,(H,17,19). The number of pyridine rings is 1. The minimum atomic E-state index is -0.203. The highest BCUT2D eigenvalue weighted by Gasteiger charge is 2.11. The van der Waals surface area contributed by atoms with E-state index < -0.39 is 0 Å². The number of aromatic hydroxyl groups is 1. The van der Waals surface area contributed by atoms with Gasteiger partial charge in [-0.15, -0.1) is 0 Å². The molecule has 4 nitrogen and oxygen atoms in total. The number of carbonyl (C=O) groups excluding carboxylic acids is 1. The van der Waals surface area contributed by atoms with Gasteiger partial charge in [0, 0.05) is 11.3 Å². The molecule has 19 heavy (non-hydrogen) atoms. The third-order valence-corrected chi connectivity index (χ3v) is 2.93. The lowest BCUT2D eigenvalue weighted by molar-refractivity contribution is 0.102. The zero-order chi connectivity index (χ0) is 14.0. The van der Waals surface area contributed by atoms with Crippen LogP contribution < -0.4 is 5.32 Å². The fraction of sp³-hybridized carbons (Fsp3) is 0.200. The Hall–Kier alpha value is -2.36. The Kier molecular flexibility index (Phi) is 3.51. The minimum Gasteiger partial charge on any atom is -0.508 e. The monoisotopic (exact) mass is 256 g/mol. The van der Waals surface area contributed by atoms with E-state index in [0.717, 1.165) is 17.0 Å². The molecule has 0 saturated heterocycles. The molecule has 0 atom stereocenters. The van der Waals surface area contributed by atoms with Crippen LogP contribution in [0.5, 0.6) is 5.75 Å². The lowest BCUT2D eigenvalue weighted by Gasteiger charge is -2.10. The molecule has 0 radical (unpaired) electrons. The Morgan fingerprint density at radius 1 is 1.16 bits per heavy atom. The van der Waals surface area contributed by atoms with Crippen LogP contribution in [0.3, 0.4) is 0 Å². The summed E-state index contributed by atoms with van der Waals surface area (Å²) in [5, 5.41) is 12.2. The number of carbonyl (C=O) groups is 1. The molecule has 0 aliphatic rings. The highest BCUT2D eigenvalue weighted by Crippen LogP contribution is 2.18. The van der Waals surface area contributed by atoms with E-state index in [1.165, 1.54) is 6.07 Å². The van der Waals surface area contributed by atoms with Crippen molar-refractivity contribution in [3.63, 3.8) is 0 Å². The zero-order valence-corrected chi connectivity index (χ0v) is 11.2. The first kappa shape index (κ1) is 13.1. The molecule has 1 heterocycles. The van der Waals surface area contributed by atoms with Gasteiger partial charge in [-0.3, -0.25) is 9.78 Å². The minimum absolute atomic E-state index is 0.155. The summed E-state index contributed by atoms with van der Waals surface area (Å²) in [4.78, 5) is 16.5. The van der Waals surface area contributed by atoms with Crippen LogP contribution in [0.2, 0.25) is 0 Å². The second-order valence-electron chi connectivity index (χ2n) is 4.54. The maximum absolute atomic E-state index is 12.2. The Labute approximate surface area is 112 Å². The summed E-state index contributed by atoms with van der Waals surface area (Å²) < 4.78 is 0. The van der Waals surface area contributed by atoms with E-state index in [1.54, 1.807) is 19.1 Å². The van der Waals surface area contributed by atoms with Gasteiger partial charge in [0.25, 0.3) is 5.91 Å². The van der Waals surface area contributed by atoms with Crippen LogP contribution in [0.25, 0.3) is 0 Å². The number of nitrogens with zero attached hydrogens (tertiary/aromatic N) is 1. The highest BCUT2D eigenvalue weighted by molar-refractivity contribution is 6.05. The van der Waals surface area contributed by atoms with Gasteiger partial charge in [0.1, 0.15) is 5.75 Å². The Morgan fingerprint density at radius 3 is 2.53 bits per heavy atom. The molecule has 0 aliphatic heterocycles. The second kappa shape index (κ2) is 5.10. The van der Waals surface area contributed by atoms with Crippen molar-refractivity contribution in [1.82, 2.24) is 4.98 Å². The summed E-state index contributed by atoms with van der Waals surface area (Å²) >= 11 is 0. The number of phenols is 1. The fourth-order valence-corrected chi connectivity index (χ4v) is 1.91. The number of benzene rings is 1. The van der Waals surface area contributed by atoms with E-state index in [2.05, 4.69) is 10.3 Å². The van der Waals surface area contributed by atoms with E-state index in [0.29, 0.717) is 11.3 Å². The first-order valence-corrected chi connectivity index (χ1v) is 6.02. The second-order valence-corrected chi connectivity index (χ2v) is 4.54. The summed E-state index contributed by atoms with van der Waals surface area (Å²) in [5.41, 5.74) is 3.66. The van der Waals surface area contributed by atoms with Gasteiger partial charge in [0.05, 0.1) is 11.4 Å². The fourth-order valence-electron chi connectivity index (χ4n) is 1.91. The summed E-state index contributed by atoms with van der Waals surface area (Å²) in [5.74, 6) is -0.0477. The van der Waals surface area contributed by atoms with Gasteiger partial charge < -0.3 is 10.4 Å². The molecule has 1 amide bonds. The van der Waals surface area contributed by atoms with Crippen molar-refractivity contribution in [2.45, 2.75) is 20.8 Å². The zero-order valence-electron chi connectivity index (χ0n) is 11.2. The van der Waals surface area contributed by atoms with Crippen LogP contribution in [0.1, 0.15) is 27.3 Å². The van der Waals surface area contributed by atoms with Gasteiger partial charge in [-0.2, -0.15) is 0 Å². The number of nitrogens with one attached hydrogen (secondary N) is 1. The maximum Gasteiger partial charge on any atom is 0.255 e. The van der Waals surface area contributed by atoms with E-state index in [4.69, 9.17) is 0 Å². The van der Waals surface area contributed by atoms with Crippen molar-refractivity contribution in [2.24, 2.45) is 0 Å². The van der Waals surface area contributed by atoms with Crippen LogP contribution >= 0.6 is 0 Å². The summed E-state index contributed by atoms with van der Waals surface area (Å²) in [6, 6.07) is 8.37. The predicted molar refractivity (Wildman–Crippen MR) is 74.5 cm³/mol. The summed E-state index contributed by atoms with van der Waals surface area (Å²) in [7, 11) is 0. The molecular formula is C15H16N2O2. The quantitative estimate of drug-likeness (QED) is 0.868. The average Bonchev–Trinajstić information content (AvgIpc) is 2.32. The molecule has 0 aliphatic carbocycles. The average molecular weight is 256 g/mol. The number of rotatable bonds is 2. The highest BCUT2D eigenvalue weighted by atomic mass is 16.3. The summed E-state index contributed by atoms with van der Waals surface area (Å²) in [6.45, 7) is 5.55. The number of anilines is 1. The number of amides is 1. The number of hydrogen-bond acceptors (Lipinski definition) is 3. The van der Waals surface area contributed by atoms with E-state index in [-0.39, 0.29) is 11.7 Å². The van der Waals surface area contributed by atoms with Crippen molar-refractivity contribution < 1.29 is 9.90 Å². The lowest BCUT2D eigenvalue weighted by Crippen LogP contribution is -2.14. The predicted octanol–water partition coefficient (Wildman–Crippen LogP) is 2.96. The molecule has 4 heteroatoms. The molecule has 1 aromatic heterocycles. The number of hydrogen-bond donors (Lipinski definition) is 2. The topological polar surface area (TPSA) is 62.2 Å². The molecule has 2 aromatic rings. The van der Waals surface area contributed by atoms with Crippen LogP contribution in [0.4, 0.5) is 5.69 Å². The van der Waals surface area contributed by atoms with Crippen molar-refractivity contribution in [2.75, 3.05) is 5.32 Å². The molecule has 0 unspecified atom stereocenters. The first-order valence-electron chi connectivity index (χ1n) is 6.02. The van der Waals surface area contributed by atoms with Crippen LogP contribution in [-0.4, -0.2) is 16.0 Å². The van der Waals surface area contributed by atoms with Crippen molar-refractivity contribution in [3.05, 3.63) is 52.8 Å². The summed E-state index contributed by atoms with van der Waals surface area (Å²) in [6.07, 6.45) is 0. The van der Waals surface area contributed by atoms with Crippen molar-refractivity contribution in [1.29, 1.82) is 0 Å². The third-order valence-electron chi connectivity index (χ3n) is 2.93. The molecule has 0 saturated carbocycles. The van der Waals surface area contributed by atoms with E-state index >= 15 is 0 Å². The lowest BCUT2D eigenvalue weighted by atomic mass is 10.1. The molecule has 0 spiro atoms. The Balaban J connectivity index is 2.25. The molecular weight excluding hydrogens is 240 g/mol. The van der Waals surface area contributed by atoms with Crippen LogP contribution in [0.15, 0.2) is 30.3 Å². The van der Waals surface area contributed by atoms with Gasteiger partial charge in [-0.1, -0.05) is 0 Å². The first-order chi connectivity index (χ1) is 8.97. The molecule has 2 rings (SSSR count). The molecule has 0 bridgehead atoms. The van der Waals surface area contributed by atoms with Gasteiger partial charge >= 0.3 is 0 Å². The molecule has 0 fully saturated rings. The van der Waals surface area contributed by atoms with Crippen LogP contribution in [-0.2, 0) is 0 Å². The smallest absolute Gasteiger partial charge is 0.255 e. The van der Waals surface area contributed by atoms with Crippen molar-refractivity contribution in [3.8, 4) is 5.75 Å². The number of aryl methyl sites for hydroxylation is 3. The number of aromatic nitrogens is 1. The van der Waals surface area contributed by atoms with E-state index in [9.17, 15) is 9.90 Å². The Morgan fingerprint density at radius 2 is 1.89 bits per heavy atom. The maximum atomic E-state index is 12.2. The largest absolute Gasteiger partial charge is 0.508 e. The molecule has 2 N–H and O–H groups in total. The third kappa shape index (κ3) is 2.91. The molecule has 1 aromatic carbocycles. The van der Waals surface area contributed by atoms with E-state index in [1.807, 2.05) is 26.0 Å². The van der Waals surface area contributed by atoms with Gasteiger partial charge in [-0.25, -0.2) is 0 Å². The van der Waals surface area contributed by atoms with Gasteiger partial charge in [0.15, 0.2) is 0 Å². The van der Waals surface area contributed by atoms with Gasteiger partial charge in [-0.05, 0) is 56.7 Å². The number of phenolic OH excluding ortho intramolecular Hbond substituents is 1. The SMILES string of the molecule is Cc1ccc(NC(=O)c2ccc(O)cc2C)c(C)n1. The van der Waals surface area contributed by atoms with Gasteiger partial charge in [0.2, 0.25) is 0 Å². The Bertz CT molecular complexity index is 636. The van der Waals surface area contributed by atoms with Crippen molar-refractivity contribution >= 4 is 11.6 Å². The van der Waals surface area contributed by atoms with Crippen LogP contribution in [0, 0.1) is 20.8 Å². The normalized spacial score (nSPS) is 10.3. The molecule has 98 valence electrons.